The van der Waals surface area contributed by atoms with E-state index in [0.29, 0.717) is 37.6 Å². The molecule has 2 aliphatic heterocycles. The summed E-state index contributed by atoms with van der Waals surface area (Å²) in [7, 11) is 0. The lowest BCUT2D eigenvalue weighted by Gasteiger charge is -2.22. The van der Waals surface area contributed by atoms with Gasteiger partial charge in [-0.15, -0.1) is 0 Å². The van der Waals surface area contributed by atoms with Crippen LogP contribution in [-0.4, -0.2) is 54.0 Å². The first kappa shape index (κ1) is 17.3. The van der Waals surface area contributed by atoms with Crippen LogP contribution in [0.5, 0.6) is 5.75 Å². The summed E-state index contributed by atoms with van der Waals surface area (Å²) >= 11 is 0. The molecule has 0 saturated carbocycles. The number of anilines is 1. The summed E-state index contributed by atoms with van der Waals surface area (Å²) in [5, 5.41) is 9.08. The number of carboxylic acids is 1. The van der Waals surface area contributed by atoms with E-state index in [1.807, 2.05) is 25.1 Å². The fourth-order valence-electron chi connectivity index (χ4n) is 3.48. The average Bonchev–Trinajstić information content (AvgIpc) is 3.22. The van der Waals surface area contributed by atoms with E-state index in [1.165, 1.54) is 0 Å². The third kappa shape index (κ3) is 3.45. The molecule has 2 saturated heterocycles. The quantitative estimate of drug-likeness (QED) is 0.870. The number of amides is 2. The van der Waals surface area contributed by atoms with Crippen molar-refractivity contribution in [2.45, 2.75) is 19.8 Å². The van der Waals surface area contributed by atoms with E-state index >= 15 is 0 Å². The molecule has 25 heavy (non-hydrogen) atoms. The number of ether oxygens (including phenoxy) is 1. The molecule has 2 fully saturated rings. The minimum Gasteiger partial charge on any atom is -0.492 e. The second-order valence-corrected chi connectivity index (χ2v) is 6.41. The molecule has 2 amide bonds. The van der Waals surface area contributed by atoms with Crippen molar-refractivity contribution >= 4 is 23.5 Å². The topological polar surface area (TPSA) is 87.2 Å². The number of rotatable bonds is 5. The zero-order chi connectivity index (χ0) is 18.0. The van der Waals surface area contributed by atoms with Crippen molar-refractivity contribution in [3.05, 3.63) is 24.3 Å². The van der Waals surface area contributed by atoms with Gasteiger partial charge in [-0.3, -0.25) is 14.4 Å². The lowest BCUT2D eigenvalue weighted by Crippen LogP contribution is -2.36. The number of carbonyl (C=O) groups is 3. The Kier molecular flexibility index (Phi) is 4.92. The summed E-state index contributed by atoms with van der Waals surface area (Å²) in [6.07, 6.45) is 0.617. The van der Waals surface area contributed by atoms with Crippen molar-refractivity contribution in [1.82, 2.24) is 4.90 Å². The monoisotopic (exact) mass is 346 g/mol. The van der Waals surface area contributed by atoms with Crippen LogP contribution in [0, 0.1) is 11.8 Å². The van der Waals surface area contributed by atoms with E-state index in [-0.39, 0.29) is 24.8 Å². The number of hydrogen-bond donors (Lipinski definition) is 1. The highest BCUT2D eigenvalue weighted by molar-refractivity contribution is 6.01. The minimum atomic E-state index is -0.870. The summed E-state index contributed by atoms with van der Waals surface area (Å²) in [6, 6.07) is 7.29. The average molecular weight is 346 g/mol. The summed E-state index contributed by atoms with van der Waals surface area (Å²) in [6.45, 7) is 3.34. The van der Waals surface area contributed by atoms with Crippen LogP contribution in [0.25, 0.3) is 0 Å². The molecular formula is C18H22N2O5. The van der Waals surface area contributed by atoms with Crippen molar-refractivity contribution in [2.24, 2.45) is 11.8 Å². The molecule has 0 bridgehead atoms. The molecule has 7 nitrogen and oxygen atoms in total. The van der Waals surface area contributed by atoms with Gasteiger partial charge in [0.2, 0.25) is 11.8 Å². The Morgan fingerprint density at radius 1 is 1.24 bits per heavy atom. The van der Waals surface area contributed by atoms with Gasteiger partial charge in [-0.25, -0.2) is 0 Å². The molecular weight excluding hydrogens is 324 g/mol. The zero-order valence-corrected chi connectivity index (χ0v) is 14.2. The van der Waals surface area contributed by atoms with Gasteiger partial charge in [0.25, 0.3) is 0 Å². The first-order chi connectivity index (χ1) is 12.0. The number of likely N-dealkylation sites (tertiary alicyclic amines) is 1. The number of benzene rings is 1. The third-order valence-electron chi connectivity index (χ3n) is 4.78. The zero-order valence-electron chi connectivity index (χ0n) is 14.2. The fourth-order valence-corrected chi connectivity index (χ4v) is 3.48. The number of nitrogens with zero attached hydrogens (tertiary/aromatic N) is 2. The van der Waals surface area contributed by atoms with E-state index in [2.05, 4.69) is 0 Å². The van der Waals surface area contributed by atoms with Gasteiger partial charge < -0.3 is 19.6 Å². The Morgan fingerprint density at radius 2 is 2.00 bits per heavy atom. The van der Waals surface area contributed by atoms with Gasteiger partial charge in [0.05, 0.1) is 24.1 Å². The highest BCUT2D eigenvalue weighted by Gasteiger charge is 2.40. The number of carboxylic acid groups (broad SMARTS) is 1. The van der Waals surface area contributed by atoms with Crippen molar-refractivity contribution in [3.63, 3.8) is 0 Å². The molecule has 2 atom stereocenters. The van der Waals surface area contributed by atoms with Gasteiger partial charge in [0.1, 0.15) is 5.75 Å². The lowest BCUT2D eigenvalue weighted by molar-refractivity contribution is -0.141. The lowest BCUT2D eigenvalue weighted by atomic mass is 10.1. The van der Waals surface area contributed by atoms with E-state index in [9.17, 15) is 14.4 Å². The van der Waals surface area contributed by atoms with Gasteiger partial charge in [0.15, 0.2) is 0 Å². The summed E-state index contributed by atoms with van der Waals surface area (Å²) in [4.78, 5) is 39.3. The second kappa shape index (κ2) is 7.13. The molecule has 2 aliphatic rings. The molecule has 0 spiro atoms. The van der Waals surface area contributed by atoms with E-state index in [0.717, 1.165) is 0 Å². The highest BCUT2D eigenvalue weighted by atomic mass is 16.5. The molecule has 1 aromatic carbocycles. The SMILES string of the molecule is CCOc1ccccc1N1C[C@@H](C(=O)N2CC[C@@H](C(=O)O)C2)CC1=O. The largest absolute Gasteiger partial charge is 0.492 e. The first-order valence-corrected chi connectivity index (χ1v) is 8.55. The van der Waals surface area contributed by atoms with Gasteiger partial charge in [0, 0.05) is 26.1 Å². The number of aliphatic carboxylic acids is 1. The van der Waals surface area contributed by atoms with E-state index in [4.69, 9.17) is 9.84 Å². The van der Waals surface area contributed by atoms with Crippen LogP contribution in [0.1, 0.15) is 19.8 Å². The molecule has 0 aromatic heterocycles. The van der Waals surface area contributed by atoms with Crippen molar-refractivity contribution in [3.8, 4) is 5.75 Å². The smallest absolute Gasteiger partial charge is 0.308 e. The normalized spacial score (nSPS) is 23.2. The van der Waals surface area contributed by atoms with Crippen LogP contribution in [0.15, 0.2) is 24.3 Å². The molecule has 0 radical (unpaired) electrons. The number of para-hydroxylation sites is 2. The minimum absolute atomic E-state index is 0.112. The second-order valence-electron chi connectivity index (χ2n) is 6.41. The molecule has 0 aliphatic carbocycles. The van der Waals surface area contributed by atoms with Crippen molar-refractivity contribution in [2.75, 3.05) is 31.1 Å². The molecule has 7 heteroatoms. The summed E-state index contributed by atoms with van der Waals surface area (Å²) < 4.78 is 5.58. The Bertz CT molecular complexity index is 690. The standard InChI is InChI=1S/C18H22N2O5/c1-2-25-15-6-4-3-5-14(15)20-11-13(9-16(20)21)17(22)19-8-7-12(10-19)18(23)24/h3-6,12-13H,2,7-11H2,1H3,(H,23,24)/t12-,13+/m1/s1. The molecule has 1 N–H and O–H groups in total. The third-order valence-corrected chi connectivity index (χ3v) is 4.78. The van der Waals surface area contributed by atoms with Gasteiger partial charge in [-0.2, -0.15) is 0 Å². The Morgan fingerprint density at radius 3 is 2.68 bits per heavy atom. The maximum absolute atomic E-state index is 12.7. The predicted octanol–water partition coefficient (Wildman–Crippen LogP) is 1.37. The molecule has 1 aromatic rings. The van der Waals surface area contributed by atoms with Crippen LogP contribution < -0.4 is 9.64 Å². The van der Waals surface area contributed by atoms with Crippen LogP contribution in [0.3, 0.4) is 0 Å². The Labute approximate surface area is 146 Å². The molecule has 134 valence electrons. The van der Waals surface area contributed by atoms with Crippen molar-refractivity contribution < 1.29 is 24.2 Å². The number of hydrogen-bond acceptors (Lipinski definition) is 4. The number of carbonyl (C=O) groups excluding carboxylic acids is 2. The molecule has 3 rings (SSSR count). The Hall–Kier alpha value is -2.57. The van der Waals surface area contributed by atoms with E-state index < -0.39 is 17.8 Å². The van der Waals surface area contributed by atoms with Crippen molar-refractivity contribution in [1.29, 1.82) is 0 Å². The molecule has 0 unspecified atom stereocenters. The maximum atomic E-state index is 12.7. The van der Waals surface area contributed by atoms with Gasteiger partial charge in [-0.1, -0.05) is 12.1 Å². The first-order valence-electron chi connectivity index (χ1n) is 8.55. The highest BCUT2D eigenvalue weighted by Crippen LogP contribution is 2.34. The van der Waals surface area contributed by atoms with Gasteiger partial charge in [-0.05, 0) is 25.5 Å². The van der Waals surface area contributed by atoms with Crippen LogP contribution in [0.4, 0.5) is 5.69 Å². The van der Waals surface area contributed by atoms with Crippen LogP contribution in [0.2, 0.25) is 0 Å². The van der Waals surface area contributed by atoms with Crippen LogP contribution in [-0.2, 0) is 14.4 Å². The predicted molar refractivity (Wildman–Crippen MR) is 90.4 cm³/mol. The van der Waals surface area contributed by atoms with Crippen LogP contribution >= 0.6 is 0 Å². The van der Waals surface area contributed by atoms with Gasteiger partial charge >= 0.3 is 5.97 Å². The fraction of sp³-hybridized carbons (Fsp3) is 0.500. The molecule has 2 heterocycles. The summed E-state index contributed by atoms with van der Waals surface area (Å²) in [5.41, 5.74) is 0.675. The maximum Gasteiger partial charge on any atom is 0.308 e. The summed E-state index contributed by atoms with van der Waals surface area (Å²) in [5.74, 6) is -1.43. The van der Waals surface area contributed by atoms with E-state index in [1.54, 1.807) is 15.9 Å². The Balaban J connectivity index is 1.71.